The minimum Gasteiger partial charge on any atom is -0.207 e. The van der Waals surface area contributed by atoms with Gasteiger partial charge in [0.1, 0.15) is 0 Å². The summed E-state index contributed by atoms with van der Waals surface area (Å²) in [5, 5.41) is 0. The Balaban J connectivity index is 1.98. The van der Waals surface area contributed by atoms with Crippen LogP contribution in [0.5, 0.6) is 0 Å². The highest BCUT2D eigenvalue weighted by Gasteiger charge is 2.47. The van der Waals surface area contributed by atoms with E-state index >= 15 is 0 Å². The molecule has 0 N–H and O–H groups in total. The molecule has 1 aliphatic heterocycles. The third-order valence-electron chi connectivity index (χ3n) is 4.45. The Morgan fingerprint density at radius 2 is 1.80 bits per heavy atom. The van der Waals surface area contributed by atoms with Crippen LogP contribution in [0.15, 0.2) is 41.8 Å². The number of benzene rings is 1. The Kier molecular flexibility index (Phi) is 3.46. The van der Waals surface area contributed by atoms with Crippen molar-refractivity contribution in [3.63, 3.8) is 0 Å². The van der Waals surface area contributed by atoms with Crippen LogP contribution in [0.25, 0.3) is 0 Å². The molecule has 0 radical (unpaired) electrons. The summed E-state index contributed by atoms with van der Waals surface area (Å²) in [6.07, 6.45) is 5.97. The van der Waals surface area contributed by atoms with Crippen molar-refractivity contribution in [2.75, 3.05) is 0 Å². The van der Waals surface area contributed by atoms with Gasteiger partial charge in [-0.2, -0.15) is 4.31 Å². The van der Waals surface area contributed by atoms with E-state index in [-0.39, 0.29) is 12.1 Å². The predicted octanol–water partition coefficient (Wildman–Crippen LogP) is 3.11. The first kappa shape index (κ1) is 13.8. The summed E-state index contributed by atoms with van der Waals surface area (Å²) in [6, 6.07) is 7.27. The second kappa shape index (κ2) is 5.01. The van der Waals surface area contributed by atoms with Gasteiger partial charge in [0.15, 0.2) is 0 Å². The van der Waals surface area contributed by atoms with Crippen molar-refractivity contribution in [3.8, 4) is 0 Å². The molecule has 1 saturated carbocycles. The van der Waals surface area contributed by atoms with E-state index in [0.29, 0.717) is 10.8 Å². The van der Waals surface area contributed by atoms with Crippen LogP contribution in [-0.4, -0.2) is 24.8 Å². The summed E-state index contributed by atoms with van der Waals surface area (Å²) >= 11 is 0. The average Bonchev–Trinajstić information content (AvgIpc) is 3.18. The van der Waals surface area contributed by atoms with Gasteiger partial charge in [-0.25, -0.2) is 8.42 Å². The monoisotopic (exact) mass is 291 g/mol. The van der Waals surface area contributed by atoms with Gasteiger partial charge in [-0.3, -0.25) is 0 Å². The molecule has 4 heteroatoms. The molecule has 1 heterocycles. The fourth-order valence-electron chi connectivity index (χ4n) is 3.18. The molecule has 2 atom stereocenters. The topological polar surface area (TPSA) is 37.4 Å². The molecule has 108 valence electrons. The van der Waals surface area contributed by atoms with Gasteiger partial charge in [0.05, 0.1) is 4.90 Å². The molecule has 20 heavy (non-hydrogen) atoms. The highest BCUT2D eigenvalue weighted by Crippen LogP contribution is 2.44. The maximum Gasteiger partial charge on any atom is 0.243 e. The lowest BCUT2D eigenvalue weighted by atomic mass is 10.1. The molecule has 0 spiro atoms. The zero-order valence-electron chi connectivity index (χ0n) is 11.8. The zero-order valence-corrected chi connectivity index (χ0v) is 12.6. The normalized spacial score (nSPS) is 27.6. The summed E-state index contributed by atoms with van der Waals surface area (Å²) in [5.41, 5.74) is 1.07. The zero-order chi connectivity index (χ0) is 14.3. The Labute approximate surface area is 121 Å². The van der Waals surface area contributed by atoms with Gasteiger partial charge >= 0.3 is 0 Å². The summed E-state index contributed by atoms with van der Waals surface area (Å²) in [5.74, 6) is 0.556. The highest BCUT2D eigenvalue weighted by molar-refractivity contribution is 7.89. The molecule has 0 unspecified atom stereocenters. The van der Waals surface area contributed by atoms with Crippen molar-refractivity contribution in [3.05, 3.63) is 42.5 Å². The first-order valence-corrected chi connectivity index (χ1v) is 8.71. The molecule has 0 amide bonds. The van der Waals surface area contributed by atoms with E-state index in [4.69, 9.17) is 0 Å². The molecule has 1 saturated heterocycles. The fraction of sp³-hybridized carbons (Fsp3) is 0.500. The van der Waals surface area contributed by atoms with Gasteiger partial charge in [-0.1, -0.05) is 23.8 Å². The van der Waals surface area contributed by atoms with Crippen LogP contribution in [-0.2, 0) is 10.0 Å². The van der Waals surface area contributed by atoms with Crippen LogP contribution in [0.1, 0.15) is 31.2 Å². The highest BCUT2D eigenvalue weighted by atomic mass is 32.2. The van der Waals surface area contributed by atoms with Crippen LogP contribution in [0.3, 0.4) is 0 Å². The fourth-order valence-corrected chi connectivity index (χ4v) is 5.08. The lowest BCUT2D eigenvalue weighted by Gasteiger charge is -2.28. The average molecular weight is 291 g/mol. The second-order valence-corrected chi connectivity index (χ2v) is 7.78. The van der Waals surface area contributed by atoms with Crippen molar-refractivity contribution < 1.29 is 8.42 Å². The third kappa shape index (κ3) is 2.31. The smallest absolute Gasteiger partial charge is 0.207 e. The molecular formula is C16H21NO2S. The van der Waals surface area contributed by atoms with Crippen LogP contribution in [0, 0.1) is 12.8 Å². The van der Waals surface area contributed by atoms with Crippen molar-refractivity contribution in [1.82, 2.24) is 4.31 Å². The largest absolute Gasteiger partial charge is 0.243 e. The van der Waals surface area contributed by atoms with E-state index in [2.05, 4.69) is 6.58 Å². The van der Waals surface area contributed by atoms with Gasteiger partial charge in [0.2, 0.25) is 10.0 Å². The number of sulfonamides is 1. The Hall–Kier alpha value is -1.13. The number of hydrogen-bond donors (Lipinski definition) is 0. The molecule has 0 bridgehead atoms. The summed E-state index contributed by atoms with van der Waals surface area (Å²) < 4.78 is 27.6. The summed E-state index contributed by atoms with van der Waals surface area (Å²) in [4.78, 5) is 0.405. The third-order valence-corrected chi connectivity index (χ3v) is 6.41. The Morgan fingerprint density at radius 3 is 2.35 bits per heavy atom. The number of nitrogens with zero attached hydrogens (tertiary/aromatic N) is 1. The van der Waals surface area contributed by atoms with Crippen LogP contribution in [0.2, 0.25) is 0 Å². The number of aryl methyl sites for hydroxylation is 1. The van der Waals surface area contributed by atoms with E-state index < -0.39 is 10.0 Å². The quantitative estimate of drug-likeness (QED) is 0.799. The van der Waals surface area contributed by atoms with Crippen molar-refractivity contribution in [2.24, 2.45) is 5.92 Å². The van der Waals surface area contributed by atoms with Gasteiger partial charge in [0, 0.05) is 12.1 Å². The van der Waals surface area contributed by atoms with Gasteiger partial charge < -0.3 is 0 Å². The maximum atomic E-state index is 12.9. The SMILES string of the molecule is C=C[C@@H]1CC[C@H](C2CC2)N1S(=O)(=O)c1ccc(C)cc1. The molecule has 3 rings (SSSR count). The first-order valence-electron chi connectivity index (χ1n) is 7.27. The summed E-state index contributed by atoms with van der Waals surface area (Å²) in [6.45, 7) is 5.79. The number of hydrogen-bond acceptors (Lipinski definition) is 2. The Bertz CT molecular complexity index is 602. The van der Waals surface area contributed by atoms with Gasteiger partial charge in [0.25, 0.3) is 0 Å². The van der Waals surface area contributed by atoms with Gasteiger partial charge in [-0.15, -0.1) is 6.58 Å². The van der Waals surface area contributed by atoms with E-state index in [9.17, 15) is 8.42 Å². The molecule has 3 nitrogen and oxygen atoms in total. The predicted molar refractivity (Wildman–Crippen MR) is 79.9 cm³/mol. The molecule has 1 aliphatic carbocycles. The van der Waals surface area contributed by atoms with Crippen molar-refractivity contribution in [2.45, 2.75) is 49.6 Å². The molecule has 1 aromatic carbocycles. The second-order valence-electron chi connectivity index (χ2n) is 5.93. The lowest BCUT2D eigenvalue weighted by molar-refractivity contribution is 0.326. The molecule has 2 aliphatic rings. The van der Waals surface area contributed by atoms with E-state index in [1.165, 1.54) is 0 Å². The van der Waals surface area contributed by atoms with Crippen LogP contribution >= 0.6 is 0 Å². The standard InChI is InChI=1S/C16H21NO2S/c1-3-14-8-11-16(13-6-7-13)17(14)20(18,19)15-9-4-12(2)5-10-15/h3-5,9-10,13-14,16H,1,6-8,11H2,2H3/t14-,16-/m1/s1. The van der Waals surface area contributed by atoms with E-state index in [1.54, 1.807) is 22.5 Å². The first-order chi connectivity index (χ1) is 9.54. The minimum absolute atomic E-state index is 0.0492. The minimum atomic E-state index is -3.41. The Morgan fingerprint density at radius 1 is 1.15 bits per heavy atom. The summed E-state index contributed by atoms with van der Waals surface area (Å²) in [7, 11) is -3.41. The lowest BCUT2D eigenvalue weighted by Crippen LogP contribution is -2.41. The molecule has 1 aromatic rings. The molecule has 2 fully saturated rings. The van der Waals surface area contributed by atoms with Crippen molar-refractivity contribution >= 4 is 10.0 Å². The van der Waals surface area contributed by atoms with Crippen LogP contribution < -0.4 is 0 Å². The van der Waals surface area contributed by atoms with E-state index in [0.717, 1.165) is 31.2 Å². The van der Waals surface area contributed by atoms with Crippen LogP contribution in [0.4, 0.5) is 0 Å². The van der Waals surface area contributed by atoms with E-state index in [1.807, 2.05) is 19.1 Å². The van der Waals surface area contributed by atoms with Crippen molar-refractivity contribution in [1.29, 1.82) is 0 Å². The number of rotatable bonds is 4. The van der Waals surface area contributed by atoms with Gasteiger partial charge in [-0.05, 0) is 50.7 Å². The molecular weight excluding hydrogens is 270 g/mol. The maximum absolute atomic E-state index is 12.9. The molecule has 0 aromatic heterocycles.